The number of imidazole rings is 1. The van der Waals surface area contributed by atoms with Crippen molar-refractivity contribution in [3.05, 3.63) is 18.2 Å². The molecule has 1 aromatic rings. The lowest BCUT2D eigenvalue weighted by Crippen LogP contribution is -2.58. The van der Waals surface area contributed by atoms with E-state index in [0.29, 0.717) is 5.69 Å². The summed E-state index contributed by atoms with van der Waals surface area (Å²) in [6.45, 7) is 2.76. The van der Waals surface area contributed by atoms with E-state index >= 15 is 0 Å². The fourth-order valence-electron chi connectivity index (χ4n) is 2.95. The normalized spacial score (nSPS) is 14.5. The molecule has 9 N–H and O–H groups in total. The molecule has 0 aliphatic heterocycles. The fourth-order valence-corrected chi connectivity index (χ4v) is 2.95. The SMILES string of the molecule is CC(C)CC(NC(=O)C(N)CCC(=O)O)C(=O)NC(CO)C(=O)NC(Cc1cnc[nH]1)C(=O)O. The number of aromatic amines is 1. The number of nitrogens with one attached hydrogen (secondary N) is 4. The highest BCUT2D eigenvalue weighted by Crippen LogP contribution is 2.07. The number of aliphatic carboxylic acids is 2. The first-order valence-electron chi connectivity index (χ1n) is 10.6. The number of hydrogen-bond acceptors (Lipinski definition) is 8. The molecule has 3 amide bonds. The number of H-pyrrole nitrogens is 1. The van der Waals surface area contributed by atoms with Crippen LogP contribution in [-0.2, 0) is 30.4 Å². The first-order valence-corrected chi connectivity index (χ1v) is 10.6. The molecular weight excluding hydrogens is 452 g/mol. The maximum absolute atomic E-state index is 12.8. The monoisotopic (exact) mass is 484 g/mol. The average molecular weight is 485 g/mol. The minimum Gasteiger partial charge on any atom is -0.481 e. The molecule has 0 radical (unpaired) electrons. The molecule has 0 saturated carbocycles. The summed E-state index contributed by atoms with van der Waals surface area (Å²) >= 11 is 0. The van der Waals surface area contributed by atoms with Gasteiger partial charge in [0.15, 0.2) is 0 Å². The van der Waals surface area contributed by atoms with E-state index in [1.165, 1.54) is 12.5 Å². The van der Waals surface area contributed by atoms with Gasteiger partial charge in [0.2, 0.25) is 17.7 Å². The van der Waals surface area contributed by atoms with Crippen molar-refractivity contribution < 1.29 is 39.3 Å². The van der Waals surface area contributed by atoms with E-state index in [9.17, 15) is 34.2 Å². The molecule has 4 unspecified atom stereocenters. The number of nitrogens with zero attached hydrogens (tertiary/aromatic N) is 1. The second-order valence-corrected chi connectivity index (χ2v) is 8.15. The van der Waals surface area contributed by atoms with E-state index < -0.39 is 60.4 Å². The van der Waals surface area contributed by atoms with Crippen LogP contribution in [0.15, 0.2) is 12.5 Å². The van der Waals surface area contributed by atoms with E-state index in [1.54, 1.807) is 13.8 Å². The molecule has 1 aromatic heterocycles. The second-order valence-electron chi connectivity index (χ2n) is 8.15. The fraction of sp³-hybridized carbons (Fsp3) is 0.600. The second kappa shape index (κ2) is 13.9. The minimum absolute atomic E-state index is 0.0570. The van der Waals surface area contributed by atoms with Crippen molar-refractivity contribution in [3.8, 4) is 0 Å². The van der Waals surface area contributed by atoms with E-state index in [1.807, 2.05) is 0 Å². The van der Waals surface area contributed by atoms with Gasteiger partial charge in [0.1, 0.15) is 18.1 Å². The van der Waals surface area contributed by atoms with Crippen LogP contribution in [0.25, 0.3) is 0 Å². The summed E-state index contributed by atoms with van der Waals surface area (Å²) in [7, 11) is 0. The lowest BCUT2D eigenvalue weighted by Gasteiger charge is -2.25. The largest absolute Gasteiger partial charge is 0.481 e. The minimum atomic E-state index is -1.48. The number of carboxylic acids is 2. The summed E-state index contributed by atoms with van der Waals surface area (Å²) in [5, 5.41) is 34.7. The van der Waals surface area contributed by atoms with Gasteiger partial charge in [-0.25, -0.2) is 9.78 Å². The standard InChI is InChI=1S/C20H32N6O8/c1-10(2)5-13(24-17(30)12(21)3-4-16(28)29)18(31)26-15(8-27)19(32)25-14(20(33)34)6-11-7-22-9-23-11/h7,9-10,12-15,27H,3-6,8,21H2,1-2H3,(H,22,23)(H,24,30)(H,25,32)(H,26,31)(H,28,29)(H,33,34). The Hall–Kier alpha value is -3.52. The summed E-state index contributed by atoms with van der Waals surface area (Å²) in [5.41, 5.74) is 6.14. The van der Waals surface area contributed by atoms with Crippen molar-refractivity contribution in [1.82, 2.24) is 25.9 Å². The number of aromatic nitrogens is 2. The molecule has 14 heteroatoms. The quantitative estimate of drug-likeness (QED) is 0.133. The van der Waals surface area contributed by atoms with Gasteiger partial charge in [0, 0.05) is 24.7 Å². The number of aliphatic hydroxyl groups is 1. The maximum Gasteiger partial charge on any atom is 0.326 e. The third-order valence-corrected chi connectivity index (χ3v) is 4.76. The number of amides is 3. The van der Waals surface area contributed by atoms with E-state index in [2.05, 4.69) is 25.9 Å². The number of carbonyl (C=O) groups is 5. The topological polar surface area (TPSA) is 237 Å². The van der Waals surface area contributed by atoms with Gasteiger partial charge in [0.05, 0.1) is 19.0 Å². The van der Waals surface area contributed by atoms with Gasteiger partial charge in [-0.15, -0.1) is 0 Å². The number of nitrogens with two attached hydrogens (primary N) is 1. The van der Waals surface area contributed by atoms with E-state index in [0.717, 1.165) is 0 Å². The highest BCUT2D eigenvalue weighted by Gasteiger charge is 2.30. The molecule has 34 heavy (non-hydrogen) atoms. The van der Waals surface area contributed by atoms with E-state index in [4.69, 9.17) is 10.8 Å². The van der Waals surface area contributed by atoms with Crippen LogP contribution in [0.2, 0.25) is 0 Å². The smallest absolute Gasteiger partial charge is 0.326 e. The Labute approximate surface area is 195 Å². The van der Waals surface area contributed by atoms with Crippen LogP contribution in [0.3, 0.4) is 0 Å². The number of carbonyl (C=O) groups excluding carboxylic acids is 3. The van der Waals surface area contributed by atoms with Crippen molar-refractivity contribution in [2.75, 3.05) is 6.61 Å². The van der Waals surface area contributed by atoms with Crippen molar-refractivity contribution in [3.63, 3.8) is 0 Å². The van der Waals surface area contributed by atoms with Crippen LogP contribution < -0.4 is 21.7 Å². The molecule has 0 aromatic carbocycles. The van der Waals surface area contributed by atoms with Crippen LogP contribution in [-0.4, -0.2) is 85.7 Å². The Morgan fingerprint density at radius 3 is 2.09 bits per heavy atom. The zero-order chi connectivity index (χ0) is 25.8. The Balaban J connectivity index is 2.82. The first-order chi connectivity index (χ1) is 15.9. The molecule has 1 rings (SSSR count). The summed E-state index contributed by atoms with van der Waals surface area (Å²) < 4.78 is 0. The zero-order valence-corrected chi connectivity index (χ0v) is 19.0. The Kier molecular flexibility index (Phi) is 11.7. The molecule has 190 valence electrons. The van der Waals surface area contributed by atoms with Crippen LogP contribution in [0.4, 0.5) is 0 Å². The Bertz CT molecular complexity index is 844. The highest BCUT2D eigenvalue weighted by molar-refractivity contribution is 5.94. The average Bonchev–Trinajstić information content (AvgIpc) is 3.27. The Morgan fingerprint density at radius 2 is 1.59 bits per heavy atom. The molecule has 0 aliphatic rings. The Morgan fingerprint density at radius 1 is 1.00 bits per heavy atom. The van der Waals surface area contributed by atoms with Gasteiger partial charge in [-0.05, 0) is 18.8 Å². The molecule has 0 aliphatic carbocycles. The summed E-state index contributed by atoms with van der Waals surface area (Å²) in [4.78, 5) is 66.3. The van der Waals surface area contributed by atoms with Crippen LogP contribution in [0.1, 0.15) is 38.8 Å². The molecular formula is C20H32N6O8. The van der Waals surface area contributed by atoms with Crippen molar-refractivity contribution in [2.45, 2.75) is 63.7 Å². The van der Waals surface area contributed by atoms with Crippen LogP contribution >= 0.6 is 0 Å². The van der Waals surface area contributed by atoms with Crippen molar-refractivity contribution >= 4 is 29.7 Å². The number of rotatable bonds is 15. The summed E-state index contributed by atoms with van der Waals surface area (Å²) in [6, 6.07) is -5.11. The lowest BCUT2D eigenvalue weighted by molar-refractivity contribution is -0.142. The van der Waals surface area contributed by atoms with Crippen LogP contribution in [0, 0.1) is 5.92 Å². The molecule has 0 saturated heterocycles. The summed E-state index contributed by atoms with van der Waals surface area (Å²) in [6.07, 6.45) is 2.35. The number of hydrogen-bond donors (Lipinski definition) is 8. The number of aliphatic hydroxyl groups excluding tert-OH is 1. The molecule has 0 spiro atoms. The first kappa shape index (κ1) is 28.5. The van der Waals surface area contributed by atoms with Crippen molar-refractivity contribution in [2.24, 2.45) is 11.7 Å². The lowest BCUT2D eigenvalue weighted by atomic mass is 10.0. The van der Waals surface area contributed by atoms with Gasteiger partial charge in [-0.3, -0.25) is 19.2 Å². The third kappa shape index (κ3) is 9.95. The molecule has 14 nitrogen and oxygen atoms in total. The molecule has 4 atom stereocenters. The van der Waals surface area contributed by atoms with Gasteiger partial charge in [-0.2, -0.15) is 0 Å². The predicted octanol–water partition coefficient (Wildman–Crippen LogP) is -2.28. The maximum atomic E-state index is 12.8. The highest BCUT2D eigenvalue weighted by atomic mass is 16.4. The third-order valence-electron chi connectivity index (χ3n) is 4.76. The van der Waals surface area contributed by atoms with Crippen LogP contribution in [0.5, 0.6) is 0 Å². The van der Waals surface area contributed by atoms with Gasteiger partial charge < -0.3 is 42.0 Å². The molecule has 0 bridgehead atoms. The van der Waals surface area contributed by atoms with Gasteiger partial charge >= 0.3 is 11.9 Å². The predicted molar refractivity (Wildman–Crippen MR) is 117 cm³/mol. The van der Waals surface area contributed by atoms with E-state index in [-0.39, 0.29) is 31.6 Å². The van der Waals surface area contributed by atoms with Gasteiger partial charge in [-0.1, -0.05) is 13.8 Å². The molecule has 0 fully saturated rings. The number of carboxylic acid groups (broad SMARTS) is 2. The summed E-state index contributed by atoms with van der Waals surface area (Å²) in [5.74, 6) is -4.97. The van der Waals surface area contributed by atoms with Crippen molar-refractivity contribution in [1.29, 1.82) is 0 Å². The molecule has 1 heterocycles. The zero-order valence-electron chi connectivity index (χ0n) is 19.0. The van der Waals surface area contributed by atoms with Gasteiger partial charge in [0.25, 0.3) is 0 Å².